The van der Waals surface area contributed by atoms with Crippen LogP contribution in [0.2, 0.25) is 0 Å². The summed E-state index contributed by atoms with van der Waals surface area (Å²) in [4.78, 5) is 22.1. The van der Waals surface area contributed by atoms with E-state index in [4.69, 9.17) is 4.98 Å². The van der Waals surface area contributed by atoms with Crippen molar-refractivity contribution < 1.29 is 15.0 Å². The third-order valence-corrected chi connectivity index (χ3v) is 5.01. The predicted octanol–water partition coefficient (Wildman–Crippen LogP) is 4.50. The summed E-state index contributed by atoms with van der Waals surface area (Å²) in [6, 6.07) is 23.4. The Hall–Kier alpha value is -3.99. The number of phenols is 2. The Morgan fingerprint density at radius 3 is 2.03 bits per heavy atom. The van der Waals surface area contributed by atoms with Gasteiger partial charge in [-0.3, -0.25) is 9.78 Å². The second-order valence-corrected chi connectivity index (χ2v) is 7.42. The van der Waals surface area contributed by atoms with Crippen LogP contribution in [0.3, 0.4) is 0 Å². The Morgan fingerprint density at radius 2 is 1.35 bits per heavy atom. The highest BCUT2D eigenvalue weighted by molar-refractivity contribution is 5.83. The van der Waals surface area contributed by atoms with Gasteiger partial charge in [0, 0.05) is 18.4 Å². The fraction of sp³-hybridized carbons (Fsp3) is 0.115. The zero-order valence-corrected chi connectivity index (χ0v) is 16.9. The number of benzene rings is 3. The Kier molecular flexibility index (Phi) is 6.03. The van der Waals surface area contributed by atoms with Crippen LogP contribution >= 0.6 is 0 Å². The molecule has 2 N–H and O–H groups in total. The smallest absolute Gasteiger partial charge is 0.143 e. The molecule has 5 nitrogen and oxygen atoms in total. The van der Waals surface area contributed by atoms with Crippen LogP contribution in [0.1, 0.15) is 22.5 Å². The minimum Gasteiger partial charge on any atom is -0.508 e. The number of aromatic nitrogens is 2. The zero-order valence-electron chi connectivity index (χ0n) is 16.9. The highest BCUT2D eigenvalue weighted by atomic mass is 16.3. The molecule has 4 rings (SSSR count). The molecule has 3 aromatic carbocycles. The van der Waals surface area contributed by atoms with E-state index in [2.05, 4.69) is 4.98 Å². The molecule has 0 bridgehead atoms. The summed E-state index contributed by atoms with van der Waals surface area (Å²) < 4.78 is 0. The average Bonchev–Trinajstić information content (AvgIpc) is 2.78. The number of rotatable bonds is 7. The number of carbonyl (C=O) groups excluding carboxylic acids is 1. The number of hydrogen-bond acceptors (Lipinski definition) is 5. The van der Waals surface area contributed by atoms with E-state index in [1.807, 2.05) is 30.3 Å². The Labute approximate surface area is 180 Å². The van der Waals surface area contributed by atoms with Crippen LogP contribution in [0.25, 0.3) is 11.3 Å². The zero-order chi connectivity index (χ0) is 21.6. The van der Waals surface area contributed by atoms with Crippen molar-refractivity contribution in [3.8, 4) is 22.8 Å². The monoisotopic (exact) mass is 410 g/mol. The van der Waals surface area contributed by atoms with E-state index < -0.39 is 0 Å². The molecule has 4 aromatic rings. The first-order chi connectivity index (χ1) is 15.1. The third-order valence-electron chi connectivity index (χ3n) is 5.01. The number of hydrogen-bond donors (Lipinski definition) is 2. The second kappa shape index (κ2) is 9.22. The average molecular weight is 410 g/mol. The van der Waals surface area contributed by atoms with Gasteiger partial charge in [-0.05, 0) is 47.5 Å². The quantitative estimate of drug-likeness (QED) is 0.469. The van der Waals surface area contributed by atoms with E-state index in [1.54, 1.807) is 54.7 Å². The lowest BCUT2D eigenvalue weighted by Crippen LogP contribution is -2.12. The maximum absolute atomic E-state index is 12.7. The van der Waals surface area contributed by atoms with Gasteiger partial charge < -0.3 is 10.2 Å². The molecule has 154 valence electrons. The van der Waals surface area contributed by atoms with Crippen molar-refractivity contribution in [2.45, 2.75) is 19.3 Å². The Balaban J connectivity index is 1.61. The van der Waals surface area contributed by atoms with E-state index in [1.165, 1.54) is 0 Å². The molecule has 31 heavy (non-hydrogen) atoms. The lowest BCUT2D eigenvalue weighted by atomic mass is 10.0. The SMILES string of the molecule is O=C(Cc1ccc(O)cc1)Cc1ncc(-c2ccc(O)cc2)nc1Cc1ccccc1. The molecule has 0 fully saturated rings. The fourth-order valence-electron chi connectivity index (χ4n) is 3.39. The molecular formula is C26H22N2O3. The number of nitrogens with zero attached hydrogens (tertiary/aromatic N) is 2. The summed E-state index contributed by atoms with van der Waals surface area (Å²) in [5.74, 6) is 0.404. The van der Waals surface area contributed by atoms with Crippen LogP contribution in [-0.4, -0.2) is 26.0 Å². The van der Waals surface area contributed by atoms with Gasteiger partial charge in [-0.15, -0.1) is 0 Å². The van der Waals surface area contributed by atoms with Crippen molar-refractivity contribution in [3.63, 3.8) is 0 Å². The summed E-state index contributed by atoms with van der Waals surface area (Å²) in [5, 5.41) is 19.0. The number of Topliss-reactive ketones (excluding diaryl/α,β-unsaturated/α-hetero) is 1. The summed E-state index contributed by atoms with van der Waals surface area (Å²) in [6.45, 7) is 0. The van der Waals surface area contributed by atoms with Gasteiger partial charge in [0.2, 0.25) is 0 Å². The van der Waals surface area contributed by atoms with E-state index in [0.717, 1.165) is 22.4 Å². The number of ketones is 1. The molecule has 1 heterocycles. The van der Waals surface area contributed by atoms with Crippen molar-refractivity contribution in [2.75, 3.05) is 0 Å². The molecule has 0 unspecified atom stereocenters. The van der Waals surface area contributed by atoms with Gasteiger partial charge in [-0.2, -0.15) is 0 Å². The van der Waals surface area contributed by atoms with E-state index in [0.29, 0.717) is 17.8 Å². The minimum atomic E-state index is 0.0340. The topological polar surface area (TPSA) is 83.3 Å². The standard InChI is InChI=1S/C26H22N2O3/c29-21-10-6-19(7-11-21)14-23(31)16-24-25(15-18-4-2-1-3-5-18)28-26(17-27-24)20-8-12-22(30)13-9-20/h1-13,17,29-30H,14-16H2. The van der Waals surface area contributed by atoms with Gasteiger partial charge in [0.25, 0.3) is 0 Å². The molecule has 0 atom stereocenters. The van der Waals surface area contributed by atoms with Crippen molar-refractivity contribution in [2.24, 2.45) is 0 Å². The van der Waals surface area contributed by atoms with Crippen LogP contribution in [0.15, 0.2) is 85.1 Å². The van der Waals surface area contributed by atoms with Crippen molar-refractivity contribution in [1.82, 2.24) is 9.97 Å². The van der Waals surface area contributed by atoms with E-state index in [9.17, 15) is 15.0 Å². The van der Waals surface area contributed by atoms with Crippen LogP contribution < -0.4 is 0 Å². The molecule has 1 aromatic heterocycles. The van der Waals surface area contributed by atoms with Gasteiger partial charge >= 0.3 is 0 Å². The molecule has 0 amide bonds. The van der Waals surface area contributed by atoms with Crippen LogP contribution in [0.5, 0.6) is 11.5 Å². The molecular weight excluding hydrogens is 388 g/mol. The Bertz CT molecular complexity index is 1170. The lowest BCUT2D eigenvalue weighted by Gasteiger charge is -2.11. The third kappa shape index (κ3) is 5.34. The highest BCUT2D eigenvalue weighted by Gasteiger charge is 2.14. The largest absolute Gasteiger partial charge is 0.508 e. The van der Waals surface area contributed by atoms with Gasteiger partial charge in [-0.25, -0.2) is 4.98 Å². The molecule has 0 radical (unpaired) electrons. The number of phenolic OH excluding ortho intramolecular Hbond substituents is 2. The number of carbonyl (C=O) groups is 1. The van der Waals surface area contributed by atoms with Crippen LogP contribution in [-0.2, 0) is 24.1 Å². The van der Waals surface area contributed by atoms with Gasteiger partial charge in [-0.1, -0.05) is 42.5 Å². The number of aromatic hydroxyl groups is 2. The summed E-state index contributed by atoms with van der Waals surface area (Å²) in [7, 11) is 0. The summed E-state index contributed by atoms with van der Waals surface area (Å²) in [5.41, 5.74) is 4.90. The summed E-state index contributed by atoms with van der Waals surface area (Å²) in [6.07, 6.45) is 2.70. The normalized spacial score (nSPS) is 10.7. The Morgan fingerprint density at radius 1 is 0.710 bits per heavy atom. The van der Waals surface area contributed by atoms with Crippen LogP contribution in [0.4, 0.5) is 0 Å². The van der Waals surface area contributed by atoms with Crippen molar-refractivity contribution in [1.29, 1.82) is 0 Å². The molecule has 0 spiro atoms. The van der Waals surface area contributed by atoms with E-state index in [-0.39, 0.29) is 30.1 Å². The molecule has 0 saturated carbocycles. The minimum absolute atomic E-state index is 0.0340. The first kappa shape index (κ1) is 20.3. The van der Waals surface area contributed by atoms with Gasteiger partial charge in [0.05, 0.1) is 29.7 Å². The van der Waals surface area contributed by atoms with Gasteiger partial charge in [0.1, 0.15) is 17.3 Å². The maximum Gasteiger partial charge on any atom is 0.143 e. The fourth-order valence-corrected chi connectivity index (χ4v) is 3.39. The van der Waals surface area contributed by atoms with E-state index >= 15 is 0 Å². The molecule has 0 aliphatic rings. The first-order valence-electron chi connectivity index (χ1n) is 10.0. The lowest BCUT2D eigenvalue weighted by molar-refractivity contribution is -0.117. The highest BCUT2D eigenvalue weighted by Crippen LogP contribution is 2.22. The molecule has 0 aliphatic heterocycles. The molecule has 0 saturated heterocycles. The molecule has 5 heteroatoms. The van der Waals surface area contributed by atoms with Crippen molar-refractivity contribution >= 4 is 5.78 Å². The first-order valence-corrected chi connectivity index (χ1v) is 10.0. The van der Waals surface area contributed by atoms with Gasteiger partial charge in [0.15, 0.2) is 0 Å². The predicted molar refractivity (Wildman–Crippen MR) is 119 cm³/mol. The maximum atomic E-state index is 12.7. The summed E-state index contributed by atoms with van der Waals surface area (Å²) >= 11 is 0. The van der Waals surface area contributed by atoms with Crippen molar-refractivity contribution in [3.05, 3.63) is 108 Å². The van der Waals surface area contributed by atoms with Crippen LogP contribution in [0, 0.1) is 0 Å². The molecule has 0 aliphatic carbocycles. The second-order valence-electron chi connectivity index (χ2n) is 7.42.